The van der Waals surface area contributed by atoms with Crippen molar-refractivity contribution in [3.63, 3.8) is 0 Å². The summed E-state index contributed by atoms with van der Waals surface area (Å²) in [7, 11) is 1.62. The van der Waals surface area contributed by atoms with Gasteiger partial charge in [-0.05, 0) is 36.2 Å². The minimum absolute atomic E-state index is 0.0267. The number of rotatable bonds is 4. The Labute approximate surface area is 118 Å². The number of ether oxygens (including phenoxy) is 1. The summed E-state index contributed by atoms with van der Waals surface area (Å²) in [6.45, 7) is 1.90. The van der Waals surface area contributed by atoms with Crippen molar-refractivity contribution in [1.29, 1.82) is 0 Å². The van der Waals surface area contributed by atoms with E-state index in [1.165, 1.54) is 0 Å². The van der Waals surface area contributed by atoms with Gasteiger partial charge in [0, 0.05) is 12.0 Å². The number of benzene rings is 2. The lowest BCUT2D eigenvalue weighted by atomic mass is 10.0. The maximum absolute atomic E-state index is 12.2. The highest BCUT2D eigenvalue weighted by molar-refractivity contribution is 6.34. The molecule has 0 amide bonds. The summed E-state index contributed by atoms with van der Waals surface area (Å²) in [5, 5.41) is 0.543. The Morgan fingerprint density at radius 3 is 2.47 bits per heavy atom. The van der Waals surface area contributed by atoms with E-state index < -0.39 is 0 Å². The van der Waals surface area contributed by atoms with E-state index in [0.29, 0.717) is 17.0 Å². The Hall–Kier alpha value is -1.80. The number of methoxy groups -OCH3 is 1. The van der Waals surface area contributed by atoms with E-state index in [-0.39, 0.29) is 5.78 Å². The van der Waals surface area contributed by atoms with E-state index in [1.807, 2.05) is 43.3 Å². The average molecular weight is 275 g/mol. The van der Waals surface area contributed by atoms with Crippen molar-refractivity contribution in [2.75, 3.05) is 7.11 Å². The van der Waals surface area contributed by atoms with Gasteiger partial charge in [-0.1, -0.05) is 35.9 Å². The van der Waals surface area contributed by atoms with Gasteiger partial charge in [-0.25, -0.2) is 0 Å². The van der Waals surface area contributed by atoms with Crippen LogP contribution in [0.3, 0.4) is 0 Å². The van der Waals surface area contributed by atoms with E-state index in [4.69, 9.17) is 16.3 Å². The highest BCUT2D eigenvalue weighted by Gasteiger charge is 2.12. The van der Waals surface area contributed by atoms with Gasteiger partial charge in [0.2, 0.25) is 0 Å². The van der Waals surface area contributed by atoms with Crippen LogP contribution < -0.4 is 4.74 Å². The molecule has 0 saturated heterocycles. The quantitative estimate of drug-likeness (QED) is 0.785. The van der Waals surface area contributed by atoms with E-state index in [0.717, 1.165) is 16.9 Å². The molecule has 2 aromatic carbocycles. The molecule has 0 radical (unpaired) electrons. The zero-order chi connectivity index (χ0) is 13.8. The molecule has 0 aromatic heterocycles. The van der Waals surface area contributed by atoms with Gasteiger partial charge in [0.1, 0.15) is 5.75 Å². The Balaban J connectivity index is 2.18. The maximum Gasteiger partial charge on any atom is 0.168 e. The number of carbonyl (C=O) groups is 1. The summed E-state index contributed by atoms with van der Waals surface area (Å²) in [6.07, 6.45) is 0.340. The number of aryl methyl sites for hydroxylation is 1. The number of Topliss-reactive ketones (excluding diaryl/α,β-unsaturated/α-hetero) is 1. The average Bonchev–Trinajstić information content (AvgIpc) is 2.42. The Morgan fingerprint density at radius 2 is 1.84 bits per heavy atom. The van der Waals surface area contributed by atoms with Crippen LogP contribution in [0.2, 0.25) is 5.02 Å². The van der Waals surface area contributed by atoms with E-state index in [2.05, 4.69) is 0 Å². The molecule has 0 N–H and O–H groups in total. The van der Waals surface area contributed by atoms with Crippen molar-refractivity contribution in [2.45, 2.75) is 13.3 Å². The molecule has 0 saturated carbocycles. The third kappa shape index (κ3) is 3.15. The number of halogens is 1. The van der Waals surface area contributed by atoms with E-state index >= 15 is 0 Å². The first-order chi connectivity index (χ1) is 9.11. The molecule has 0 aliphatic rings. The smallest absolute Gasteiger partial charge is 0.168 e. The minimum Gasteiger partial charge on any atom is -0.497 e. The third-order valence-electron chi connectivity index (χ3n) is 3.02. The minimum atomic E-state index is 0.0267. The second-order valence-electron chi connectivity index (χ2n) is 4.38. The fraction of sp³-hybridized carbons (Fsp3) is 0.188. The predicted octanol–water partition coefficient (Wildman–Crippen LogP) is 4.08. The standard InChI is InChI=1S/C16H15ClO2/c1-11-4-3-5-14(16(11)17)15(18)10-12-6-8-13(19-2)9-7-12/h3-9H,10H2,1-2H3. The molecule has 0 heterocycles. The predicted molar refractivity (Wildman–Crippen MR) is 77.2 cm³/mol. The van der Waals surface area contributed by atoms with Crippen LogP contribution in [0.1, 0.15) is 21.5 Å². The SMILES string of the molecule is COc1ccc(CC(=O)c2cccc(C)c2Cl)cc1. The summed E-state index contributed by atoms with van der Waals surface area (Å²) in [6, 6.07) is 13.0. The molecule has 98 valence electrons. The van der Waals surface area contributed by atoms with Crippen molar-refractivity contribution in [1.82, 2.24) is 0 Å². The molecule has 2 aromatic rings. The van der Waals surface area contributed by atoms with Crippen LogP contribution in [0.4, 0.5) is 0 Å². The van der Waals surface area contributed by atoms with Gasteiger partial charge in [-0.15, -0.1) is 0 Å². The molecule has 0 fully saturated rings. The summed E-state index contributed by atoms with van der Waals surface area (Å²) in [5.41, 5.74) is 2.45. The van der Waals surface area contributed by atoms with Gasteiger partial charge < -0.3 is 4.74 Å². The fourth-order valence-electron chi connectivity index (χ4n) is 1.89. The lowest BCUT2D eigenvalue weighted by Crippen LogP contribution is -2.05. The molecule has 0 atom stereocenters. The van der Waals surface area contributed by atoms with Crippen LogP contribution in [-0.4, -0.2) is 12.9 Å². The van der Waals surface area contributed by atoms with Crippen LogP contribution in [0.5, 0.6) is 5.75 Å². The highest BCUT2D eigenvalue weighted by atomic mass is 35.5. The molecule has 3 heteroatoms. The lowest BCUT2D eigenvalue weighted by Gasteiger charge is -2.06. The monoisotopic (exact) mass is 274 g/mol. The molecule has 0 spiro atoms. The van der Waals surface area contributed by atoms with E-state index in [9.17, 15) is 4.79 Å². The molecule has 0 aliphatic heterocycles. The molecule has 0 unspecified atom stereocenters. The first-order valence-electron chi connectivity index (χ1n) is 6.03. The maximum atomic E-state index is 12.2. The van der Waals surface area contributed by atoms with Gasteiger partial charge in [-0.2, -0.15) is 0 Å². The molecular weight excluding hydrogens is 260 g/mol. The van der Waals surface area contributed by atoms with Gasteiger partial charge >= 0.3 is 0 Å². The number of carbonyl (C=O) groups excluding carboxylic acids is 1. The lowest BCUT2D eigenvalue weighted by molar-refractivity contribution is 0.0993. The summed E-state index contributed by atoms with van der Waals surface area (Å²) >= 11 is 6.16. The molecule has 2 nitrogen and oxygen atoms in total. The number of hydrogen-bond acceptors (Lipinski definition) is 2. The fourth-order valence-corrected chi connectivity index (χ4v) is 2.12. The topological polar surface area (TPSA) is 26.3 Å². The highest BCUT2D eigenvalue weighted by Crippen LogP contribution is 2.22. The van der Waals surface area contributed by atoms with Gasteiger partial charge in [-0.3, -0.25) is 4.79 Å². The van der Waals surface area contributed by atoms with Crippen molar-refractivity contribution in [3.8, 4) is 5.75 Å². The zero-order valence-electron chi connectivity index (χ0n) is 10.9. The van der Waals surface area contributed by atoms with Gasteiger partial charge in [0.15, 0.2) is 5.78 Å². The summed E-state index contributed by atoms with van der Waals surface area (Å²) in [5.74, 6) is 0.809. The van der Waals surface area contributed by atoms with Gasteiger partial charge in [0.05, 0.1) is 12.1 Å². The van der Waals surface area contributed by atoms with E-state index in [1.54, 1.807) is 13.2 Å². The largest absolute Gasteiger partial charge is 0.497 e. The Bertz CT molecular complexity index is 588. The van der Waals surface area contributed by atoms with Crippen LogP contribution in [0.15, 0.2) is 42.5 Å². The summed E-state index contributed by atoms with van der Waals surface area (Å²) < 4.78 is 5.09. The van der Waals surface area contributed by atoms with Crippen LogP contribution in [0.25, 0.3) is 0 Å². The normalized spacial score (nSPS) is 10.3. The second kappa shape index (κ2) is 5.89. The third-order valence-corrected chi connectivity index (χ3v) is 3.52. The first-order valence-corrected chi connectivity index (χ1v) is 6.41. The second-order valence-corrected chi connectivity index (χ2v) is 4.76. The summed E-state index contributed by atoms with van der Waals surface area (Å²) in [4.78, 5) is 12.2. The first kappa shape index (κ1) is 13.6. The van der Waals surface area contributed by atoms with Crippen LogP contribution in [-0.2, 0) is 6.42 Å². The van der Waals surface area contributed by atoms with Gasteiger partial charge in [0.25, 0.3) is 0 Å². The molecular formula is C16H15ClO2. The number of hydrogen-bond donors (Lipinski definition) is 0. The molecule has 2 rings (SSSR count). The van der Waals surface area contributed by atoms with Crippen molar-refractivity contribution >= 4 is 17.4 Å². The Kier molecular flexibility index (Phi) is 4.23. The molecule has 0 bridgehead atoms. The molecule has 0 aliphatic carbocycles. The van der Waals surface area contributed by atoms with Crippen LogP contribution in [0, 0.1) is 6.92 Å². The zero-order valence-corrected chi connectivity index (χ0v) is 11.7. The number of ketones is 1. The van der Waals surface area contributed by atoms with Crippen molar-refractivity contribution in [3.05, 3.63) is 64.2 Å². The van der Waals surface area contributed by atoms with Crippen LogP contribution >= 0.6 is 11.6 Å². The Morgan fingerprint density at radius 1 is 1.16 bits per heavy atom. The van der Waals surface area contributed by atoms with Crippen molar-refractivity contribution < 1.29 is 9.53 Å². The molecule has 19 heavy (non-hydrogen) atoms. The van der Waals surface area contributed by atoms with Crippen molar-refractivity contribution in [2.24, 2.45) is 0 Å².